The standard InChI is InChI=1S/C46H45F3N12O4/c1-50-44(62)30-20-29-39(59-13-5-11-57(3)15-17-59)26(23-52-41(29)60-35-18-27(46(47,48)49)6-7-32(35)54-42(30)60)24-53-45(63)31-19-28-34(58-12-4-10-56(2)14-16-58)8-9-51-40(28)61-36-22-38-37(64-25-65-38)21-33(36)55-43(31)61/h6-9,18-23H,4-5,10-17,24-25H2,1-3H3,(H,50,62)(H,53,63). The van der Waals surface area contributed by atoms with Crippen LogP contribution >= 0.6 is 0 Å². The Balaban J connectivity index is 1.07. The van der Waals surface area contributed by atoms with Gasteiger partial charge in [-0.2, -0.15) is 13.2 Å². The number of halogens is 3. The van der Waals surface area contributed by atoms with Gasteiger partial charge in [0.05, 0.1) is 44.4 Å². The van der Waals surface area contributed by atoms with Crippen LogP contribution in [0.2, 0.25) is 0 Å². The van der Waals surface area contributed by atoms with Crippen molar-refractivity contribution in [2.75, 3.05) is 90.1 Å². The number of nitrogens with zero attached hydrogens (tertiary/aromatic N) is 10. The normalized spacial score (nSPS) is 16.6. The number of aromatic nitrogens is 6. The number of anilines is 2. The van der Waals surface area contributed by atoms with Crippen LogP contribution in [0.25, 0.3) is 55.4 Å². The predicted molar refractivity (Wildman–Crippen MR) is 240 cm³/mol. The maximum atomic E-state index is 14.9. The van der Waals surface area contributed by atoms with Gasteiger partial charge in [0.1, 0.15) is 11.3 Å². The Morgan fingerprint density at radius 3 is 2.08 bits per heavy atom. The topological polar surface area (TPSA) is 150 Å². The van der Waals surface area contributed by atoms with E-state index in [-0.39, 0.29) is 41.5 Å². The zero-order chi connectivity index (χ0) is 44.7. The van der Waals surface area contributed by atoms with Crippen LogP contribution in [0, 0.1) is 0 Å². The quantitative estimate of drug-likeness (QED) is 0.211. The van der Waals surface area contributed by atoms with Gasteiger partial charge < -0.3 is 39.7 Å². The molecule has 6 aromatic heterocycles. The molecular weight excluding hydrogens is 842 g/mol. The van der Waals surface area contributed by atoms with Gasteiger partial charge in [0.25, 0.3) is 11.8 Å². The lowest BCUT2D eigenvalue weighted by molar-refractivity contribution is -0.137. The molecule has 3 aliphatic heterocycles. The van der Waals surface area contributed by atoms with Gasteiger partial charge in [0.2, 0.25) is 6.79 Å². The van der Waals surface area contributed by atoms with E-state index in [2.05, 4.69) is 49.3 Å². The van der Waals surface area contributed by atoms with E-state index in [1.165, 1.54) is 17.5 Å². The smallest absolute Gasteiger partial charge is 0.416 e. The monoisotopic (exact) mass is 886 g/mol. The molecule has 8 aromatic rings. The highest BCUT2D eigenvalue weighted by Crippen LogP contribution is 2.40. The van der Waals surface area contributed by atoms with Crippen LogP contribution in [0.4, 0.5) is 24.5 Å². The molecule has 0 atom stereocenters. The van der Waals surface area contributed by atoms with Crippen LogP contribution in [0.5, 0.6) is 11.5 Å². The fourth-order valence-electron chi connectivity index (χ4n) is 9.63. The largest absolute Gasteiger partial charge is 0.454 e. The molecule has 2 amide bonds. The van der Waals surface area contributed by atoms with Crippen molar-refractivity contribution < 1.29 is 32.2 Å². The summed E-state index contributed by atoms with van der Waals surface area (Å²) >= 11 is 0. The molecule has 2 aromatic carbocycles. The predicted octanol–water partition coefficient (Wildman–Crippen LogP) is 5.71. The van der Waals surface area contributed by atoms with Crippen LogP contribution in [0.1, 0.15) is 44.7 Å². The number of hydrogen-bond acceptors (Lipinski definition) is 12. The van der Waals surface area contributed by atoms with Crippen LogP contribution in [0.15, 0.2) is 60.9 Å². The highest BCUT2D eigenvalue weighted by Gasteiger charge is 2.32. The van der Waals surface area contributed by atoms with Crippen molar-refractivity contribution in [3.63, 3.8) is 0 Å². The lowest BCUT2D eigenvalue weighted by Gasteiger charge is -2.27. The van der Waals surface area contributed by atoms with Gasteiger partial charge in [-0.1, -0.05) is 0 Å². The number of hydrogen-bond donors (Lipinski definition) is 2. The van der Waals surface area contributed by atoms with Crippen LogP contribution in [0.3, 0.4) is 0 Å². The van der Waals surface area contributed by atoms with Crippen molar-refractivity contribution in [3.8, 4) is 11.5 Å². The van der Waals surface area contributed by atoms with E-state index in [0.29, 0.717) is 74.8 Å². The van der Waals surface area contributed by atoms with Crippen LogP contribution in [-0.2, 0) is 12.7 Å². The van der Waals surface area contributed by atoms with E-state index in [1.54, 1.807) is 18.5 Å². The van der Waals surface area contributed by atoms with Gasteiger partial charge in [0, 0.05) is 99.4 Å². The fraction of sp³-hybridized carbons (Fsp3) is 0.348. The summed E-state index contributed by atoms with van der Waals surface area (Å²) in [5, 5.41) is 7.21. The third kappa shape index (κ3) is 6.91. The highest BCUT2D eigenvalue weighted by molar-refractivity contribution is 6.09. The summed E-state index contributed by atoms with van der Waals surface area (Å²) in [6.45, 7) is 6.46. The summed E-state index contributed by atoms with van der Waals surface area (Å²) < 4.78 is 57.3. The number of pyridine rings is 4. The third-order valence-electron chi connectivity index (χ3n) is 13.0. The summed E-state index contributed by atoms with van der Waals surface area (Å²) in [6, 6.07) is 12.6. The number of nitrogens with one attached hydrogen (secondary N) is 2. The summed E-state index contributed by atoms with van der Waals surface area (Å²) in [7, 11) is 5.68. The second kappa shape index (κ2) is 15.6. The van der Waals surface area contributed by atoms with E-state index in [1.807, 2.05) is 28.7 Å². The maximum Gasteiger partial charge on any atom is 0.416 e. The van der Waals surface area contributed by atoms with E-state index in [0.717, 1.165) is 75.3 Å². The number of benzene rings is 2. The van der Waals surface area contributed by atoms with Crippen molar-refractivity contribution in [2.24, 2.45) is 0 Å². The summed E-state index contributed by atoms with van der Waals surface area (Å²) in [5.74, 6) is 0.295. The van der Waals surface area contributed by atoms with Crippen molar-refractivity contribution in [2.45, 2.75) is 25.6 Å². The van der Waals surface area contributed by atoms with Crippen molar-refractivity contribution in [3.05, 3.63) is 83.2 Å². The van der Waals surface area contributed by atoms with Gasteiger partial charge >= 0.3 is 6.18 Å². The average Bonchev–Trinajstić information content (AvgIpc) is 3.93. The van der Waals surface area contributed by atoms with E-state index < -0.39 is 17.6 Å². The van der Waals surface area contributed by atoms with E-state index >= 15 is 0 Å². The molecule has 65 heavy (non-hydrogen) atoms. The Kier molecular flexibility index (Phi) is 9.79. The van der Waals surface area contributed by atoms with Gasteiger partial charge in [-0.3, -0.25) is 18.4 Å². The molecule has 0 spiro atoms. The molecule has 16 nitrogen and oxygen atoms in total. The molecule has 0 radical (unpaired) electrons. The summed E-state index contributed by atoms with van der Waals surface area (Å²) in [5.41, 5.74) is 5.33. The van der Waals surface area contributed by atoms with Crippen molar-refractivity contribution in [1.29, 1.82) is 0 Å². The number of rotatable bonds is 6. The molecule has 0 bridgehead atoms. The number of imidazole rings is 2. The molecule has 334 valence electrons. The van der Waals surface area contributed by atoms with E-state index in [9.17, 15) is 22.8 Å². The lowest BCUT2D eigenvalue weighted by atomic mass is 10.1. The molecular formula is C46H45F3N12O4. The minimum absolute atomic E-state index is 0.0262. The molecule has 19 heteroatoms. The highest BCUT2D eigenvalue weighted by atomic mass is 19.4. The SMILES string of the molecule is CNC(=O)c1cc2c(N3CCCN(C)CC3)c(CNC(=O)c3cc4c(N5CCCN(C)CC5)ccnc4n4c3nc3cc5c(cc34)OCO5)cnc2n2c1nc1ccc(C(F)(F)F)cc12. The average molecular weight is 887 g/mol. The molecule has 0 saturated carbocycles. The third-order valence-corrected chi connectivity index (χ3v) is 13.0. The second-order valence-corrected chi connectivity index (χ2v) is 17.0. The maximum absolute atomic E-state index is 14.9. The Labute approximate surface area is 369 Å². The number of carbonyl (C=O) groups is 2. The molecule has 3 aliphatic rings. The minimum Gasteiger partial charge on any atom is -0.454 e. The number of alkyl halides is 3. The zero-order valence-electron chi connectivity index (χ0n) is 36.0. The fourth-order valence-corrected chi connectivity index (χ4v) is 9.63. The Morgan fingerprint density at radius 2 is 1.34 bits per heavy atom. The Morgan fingerprint density at radius 1 is 0.692 bits per heavy atom. The molecule has 11 rings (SSSR count). The first-order valence-corrected chi connectivity index (χ1v) is 21.7. The van der Waals surface area contributed by atoms with Gasteiger partial charge in [-0.05, 0) is 76.4 Å². The zero-order valence-corrected chi connectivity index (χ0v) is 36.0. The van der Waals surface area contributed by atoms with E-state index in [4.69, 9.17) is 24.4 Å². The molecule has 2 fully saturated rings. The summed E-state index contributed by atoms with van der Waals surface area (Å²) in [4.78, 5) is 57.1. The molecule has 9 heterocycles. The van der Waals surface area contributed by atoms with Crippen molar-refractivity contribution in [1.82, 2.24) is 49.2 Å². The van der Waals surface area contributed by atoms with Gasteiger partial charge in [-0.25, -0.2) is 19.9 Å². The number of ether oxygens (including phenoxy) is 2. The van der Waals surface area contributed by atoms with Crippen LogP contribution in [-0.4, -0.2) is 131 Å². The number of fused-ring (bicyclic) bond motifs is 11. The minimum atomic E-state index is -4.61. The lowest BCUT2D eigenvalue weighted by Crippen LogP contribution is -2.31. The Bertz CT molecular complexity index is 3260. The first-order chi connectivity index (χ1) is 31.4. The number of likely N-dealkylation sites (N-methyl/N-ethyl adjacent to an activating group) is 2. The molecule has 2 N–H and O–H groups in total. The number of amides is 2. The second-order valence-electron chi connectivity index (χ2n) is 17.0. The van der Waals surface area contributed by atoms with Gasteiger partial charge in [0.15, 0.2) is 22.8 Å². The van der Waals surface area contributed by atoms with Crippen molar-refractivity contribution >= 4 is 78.6 Å². The first kappa shape index (κ1) is 40.8. The van der Waals surface area contributed by atoms with Gasteiger partial charge in [-0.15, -0.1) is 0 Å². The van der Waals surface area contributed by atoms with Crippen LogP contribution < -0.4 is 29.9 Å². The molecule has 2 saturated heterocycles. The molecule has 0 aliphatic carbocycles. The first-order valence-electron chi connectivity index (χ1n) is 21.7. The Hall–Kier alpha value is -6.99. The molecule has 0 unspecified atom stereocenters. The number of carbonyl (C=O) groups excluding carboxylic acids is 2. The summed E-state index contributed by atoms with van der Waals surface area (Å²) in [6.07, 6.45) is 0.643.